The monoisotopic (exact) mass is 498 g/mol. The molecule has 0 aromatic carbocycles. The highest BCUT2D eigenvalue weighted by atomic mass is 31.2. The third-order valence-corrected chi connectivity index (χ3v) is 7.23. The smallest absolute Gasteiger partial charge is 0.332 e. The summed E-state index contributed by atoms with van der Waals surface area (Å²) in [5, 5.41) is 12.5. The van der Waals surface area contributed by atoms with Gasteiger partial charge in [-0.1, -0.05) is 12.8 Å². The number of nitrogens with zero attached hydrogens (tertiary/aromatic N) is 4. The lowest BCUT2D eigenvalue weighted by Crippen LogP contribution is -2.49. The van der Waals surface area contributed by atoms with Crippen LogP contribution >= 0.6 is 7.52 Å². The molecule has 14 heteroatoms. The van der Waals surface area contributed by atoms with Gasteiger partial charge in [0.2, 0.25) is 0 Å². The molecule has 1 saturated carbocycles. The standard InChI is InChI=1S/C20H31N6O7P/c1-13(2)33-15(27)9-32-34(30,25-20(19(28)29)6-4-5-7-20)12-31-14(3)8-26-11-24-16-17(21)22-10-23-18(16)26/h10-11,13-14H,4-9,12H2,1-3H3,(H,25,30)(H,28,29)(H2,21,22,23)/t14-,34?/m1/s1. The van der Waals surface area contributed by atoms with Crippen molar-refractivity contribution >= 4 is 36.4 Å². The van der Waals surface area contributed by atoms with E-state index in [2.05, 4.69) is 20.0 Å². The number of esters is 1. The first-order chi connectivity index (χ1) is 16.0. The summed E-state index contributed by atoms with van der Waals surface area (Å²) < 4.78 is 31.6. The molecule has 0 saturated heterocycles. The number of nitrogen functional groups attached to an aromatic ring is 1. The Kier molecular flexibility index (Phi) is 8.24. The average molecular weight is 498 g/mol. The summed E-state index contributed by atoms with van der Waals surface area (Å²) in [4.78, 5) is 36.2. The number of nitrogens with one attached hydrogen (secondary N) is 1. The largest absolute Gasteiger partial charge is 0.480 e. The van der Waals surface area contributed by atoms with Crippen LogP contribution in [0.15, 0.2) is 12.7 Å². The zero-order valence-corrected chi connectivity index (χ0v) is 20.4. The fraction of sp³-hybridized carbons (Fsp3) is 0.650. The summed E-state index contributed by atoms with van der Waals surface area (Å²) in [6.07, 6.45) is 3.51. The predicted octanol–water partition coefficient (Wildman–Crippen LogP) is 1.92. The molecule has 4 N–H and O–H groups in total. The third-order valence-electron chi connectivity index (χ3n) is 5.42. The van der Waals surface area contributed by atoms with Crippen LogP contribution in [0, 0.1) is 0 Å². The van der Waals surface area contributed by atoms with Gasteiger partial charge in [-0.25, -0.2) is 24.8 Å². The Bertz CT molecular complexity index is 1070. The molecule has 2 heterocycles. The number of aromatic nitrogens is 4. The van der Waals surface area contributed by atoms with Crippen LogP contribution in [0.1, 0.15) is 46.5 Å². The van der Waals surface area contributed by atoms with Gasteiger partial charge in [-0.05, 0) is 33.6 Å². The fourth-order valence-corrected chi connectivity index (χ4v) is 5.76. The van der Waals surface area contributed by atoms with Crippen molar-refractivity contribution in [2.24, 2.45) is 0 Å². The van der Waals surface area contributed by atoms with Gasteiger partial charge in [0.25, 0.3) is 7.52 Å². The molecule has 13 nitrogen and oxygen atoms in total. The quantitative estimate of drug-likeness (QED) is 0.286. The molecule has 1 fully saturated rings. The van der Waals surface area contributed by atoms with E-state index in [0.29, 0.717) is 43.4 Å². The van der Waals surface area contributed by atoms with E-state index in [-0.39, 0.29) is 11.9 Å². The second-order valence-electron chi connectivity index (χ2n) is 8.63. The van der Waals surface area contributed by atoms with Gasteiger partial charge in [-0.3, -0.25) is 9.36 Å². The van der Waals surface area contributed by atoms with E-state index >= 15 is 0 Å². The van der Waals surface area contributed by atoms with Crippen LogP contribution in [-0.2, 0) is 34.7 Å². The normalized spacial score (nSPS) is 18.1. The number of ether oxygens (including phenoxy) is 2. The van der Waals surface area contributed by atoms with E-state index in [1.54, 1.807) is 31.7 Å². The molecule has 2 aromatic heterocycles. The molecule has 0 spiro atoms. The van der Waals surface area contributed by atoms with Gasteiger partial charge in [-0.15, -0.1) is 0 Å². The Balaban J connectivity index is 1.70. The highest BCUT2D eigenvalue weighted by Crippen LogP contribution is 2.48. The minimum Gasteiger partial charge on any atom is -0.480 e. The lowest BCUT2D eigenvalue weighted by atomic mass is 10.0. The number of carbonyl (C=O) groups excluding carboxylic acids is 1. The SMILES string of the molecule is CC(C)OC(=O)COP(=O)(CO[C@H](C)Cn1cnc2c(N)ncnc21)NC1(C(=O)O)CCCC1. The molecule has 188 valence electrons. The Labute approximate surface area is 196 Å². The summed E-state index contributed by atoms with van der Waals surface area (Å²) in [6, 6.07) is 0. The van der Waals surface area contributed by atoms with Crippen LogP contribution < -0.4 is 10.8 Å². The maximum absolute atomic E-state index is 13.6. The summed E-state index contributed by atoms with van der Waals surface area (Å²) in [7, 11) is -3.91. The van der Waals surface area contributed by atoms with Crippen molar-refractivity contribution in [3.63, 3.8) is 0 Å². The molecule has 3 rings (SSSR count). The lowest BCUT2D eigenvalue weighted by Gasteiger charge is -2.31. The van der Waals surface area contributed by atoms with E-state index < -0.39 is 44.1 Å². The number of aliphatic carboxylic acids is 1. The first-order valence-electron chi connectivity index (χ1n) is 11.0. The van der Waals surface area contributed by atoms with E-state index in [0.717, 1.165) is 0 Å². The number of rotatable bonds is 12. The molecule has 0 aliphatic heterocycles. The van der Waals surface area contributed by atoms with Crippen molar-refractivity contribution in [1.29, 1.82) is 0 Å². The Morgan fingerprint density at radius 2 is 1.97 bits per heavy atom. The number of hydrogen-bond donors (Lipinski definition) is 3. The Morgan fingerprint density at radius 3 is 2.62 bits per heavy atom. The highest BCUT2D eigenvalue weighted by molar-refractivity contribution is 7.56. The van der Waals surface area contributed by atoms with E-state index in [4.69, 9.17) is 19.7 Å². The van der Waals surface area contributed by atoms with Crippen molar-refractivity contribution in [3.05, 3.63) is 12.7 Å². The van der Waals surface area contributed by atoms with Crippen LogP contribution in [0.25, 0.3) is 11.2 Å². The Morgan fingerprint density at radius 1 is 1.26 bits per heavy atom. The zero-order valence-electron chi connectivity index (χ0n) is 19.5. The number of carboxylic acids is 1. The first kappa shape index (κ1) is 26.0. The Hall–Kier alpha value is -2.60. The second kappa shape index (κ2) is 10.8. The summed E-state index contributed by atoms with van der Waals surface area (Å²) >= 11 is 0. The maximum atomic E-state index is 13.6. The topological polar surface area (TPSA) is 181 Å². The number of fused-ring (bicyclic) bond motifs is 1. The number of anilines is 1. The minimum atomic E-state index is -3.91. The van der Waals surface area contributed by atoms with Crippen LogP contribution in [0.2, 0.25) is 0 Å². The van der Waals surface area contributed by atoms with Gasteiger partial charge >= 0.3 is 11.9 Å². The molecule has 2 aromatic rings. The van der Waals surface area contributed by atoms with Crippen molar-refractivity contribution in [2.45, 2.75) is 70.7 Å². The van der Waals surface area contributed by atoms with Crippen LogP contribution in [0.5, 0.6) is 0 Å². The van der Waals surface area contributed by atoms with Crippen molar-refractivity contribution in [2.75, 3.05) is 18.7 Å². The molecule has 1 aliphatic rings. The molecule has 34 heavy (non-hydrogen) atoms. The molecule has 0 radical (unpaired) electrons. The number of carboxylic acid groups (broad SMARTS) is 1. The zero-order chi connectivity index (χ0) is 24.9. The molecule has 1 aliphatic carbocycles. The molecule has 0 bridgehead atoms. The second-order valence-corrected chi connectivity index (χ2v) is 10.7. The summed E-state index contributed by atoms with van der Waals surface area (Å²) in [5.74, 6) is -1.57. The number of nitrogens with two attached hydrogens (primary N) is 1. The van der Waals surface area contributed by atoms with Gasteiger partial charge in [0.1, 0.15) is 23.7 Å². The van der Waals surface area contributed by atoms with Gasteiger partial charge in [0.05, 0.1) is 25.1 Å². The molecule has 2 atom stereocenters. The van der Waals surface area contributed by atoms with Gasteiger partial charge < -0.3 is 29.4 Å². The van der Waals surface area contributed by atoms with Crippen molar-refractivity contribution in [3.8, 4) is 0 Å². The summed E-state index contributed by atoms with van der Waals surface area (Å²) in [6.45, 7) is 4.80. The molecule has 0 amide bonds. The fourth-order valence-electron chi connectivity index (χ4n) is 3.82. The highest BCUT2D eigenvalue weighted by Gasteiger charge is 2.47. The maximum Gasteiger partial charge on any atom is 0.332 e. The van der Waals surface area contributed by atoms with Crippen LogP contribution in [0.3, 0.4) is 0 Å². The van der Waals surface area contributed by atoms with Gasteiger partial charge in [0.15, 0.2) is 18.1 Å². The van der Waals surface area contributed by atoms with Crippen molar-refractivity contribution < 1.29 is 33.3 Å². The molecular formula is C20H31N6O7P. The van der Waals surface area contributed by atoms with E-state index in [9.17, 15) is 19.3 Å². The summed E-state index contributed by atoms with van der Waals surface area (Å²) in [5.41, 5.74) is 5.39. The van der Waals surface area contributed by atoms with E-state index in [1.807, 2.05) is 0 Å². The first-order valence-corrected chi connectivity index (χ1v) is 12.8. The number of imidazole rings is 1. The lowest BCUT2D eigenvalue weighted by molar-refractivity contribution is -0.149. The molecular weight excluding hydrogens is 467 g/mol. The number of carbonyl (C=O) groups is 2. The molecule has 1 unspecified atom stereocenters. The van der Waals surface area contributed by atoms with E-state index in [1.165, 1.54) is 6.33 Å². The predicted molar refractivity (Wildman–Crippen MR) is 122 cm³/mol. The average Bonchev–Trinajstić information content (AvgIpc) is 3.40. The van der Waals surface area contributed by atoms with Gasteiger partial charge in [-0.2, -0.15) is 0 Å². The van der Waals surface area contributed by atoms with Crippen LogP contribution in [0.4, 0.5) is 5.82 Å². The number of hydrogen-bond acceptors (Lipinski definition) is 10. The van der Waals surface area contributed by atoms with Gasteiger partial charge in [0, 0.05) is 0 Å². The minimum absolute atomic E-state index is 0.253. The van der Waals surface area contributed by atoms with Crippen LogP contribution in [-0.4, -0.2) is 67.3 Å². The third kappa shape index (κ3) is 6.29. The van der Waals surface area contributed by atoms with Crippen molar-refractivity contribution in [1.82, 2.24) is 24.6 Å².